The average molecular weight is 153 g/mol. The monoisotopic (exact) mass is 153 g/mol. The summed E-state index contributed by atoms with van der Waals surface area (Å²) >= 11 is 0. The van der Waals surface area contributed by atoms with E-state index in [-0.39, 0.29) is 5.89 Å². The van der Waals surface area contributed by atoms with Gasteiger partial charge in [-0.2, -0.15) is 4.98 Å². The van der Waals surface area contributed by atoms with Crippen molar-refractivity contribution in [2.75, 3.05) is 0 Å². The van der Waals surface area contributed by atoms with Gasteiger partial charge in [0, 0.05) is 4.91 Å². The summed E-state index contributed by atoms with van der Waals surface area (Å²) in [7, 11) is 0. The molecular weight excluding hydrogens is 150 g/mol. The molecule has 1 heterocycles. The van der Waals surface area contributed by atoms with E-state index in [1.165, 1.54) is 0 Å². The molecule has 0 aromatic carbocycles. The lowest BCUT2D eigenvalue weighted by atomic mass is 10.6. The van der Waals surface area contributed by atoms with Gasteiger partial charge in [-0.1, -0.05) is 5.16 Å². The molecule has 0 saturated carbocycles. The van der Waals surface area contributed by atoms with Crippen LogP contribution in [0.1, 0.15) is 16.5 Å². The van der Waals surface area contributed by atoms with E-state index in [2.05, 4.69) is 24.7 Å². The highest BCUT2D eigenvalue weighted by molar-refractivity contribution is 5.90. The fourth-order valence-electron chi connectivity index (χ4n) is 0.467. The summed E-state index contributed by atoms with van der Waals surface area (Å²) < 4.78 is 4.40. The second-order valence-corrected chi connectivity index (χ2v) is 1.64. The highest BCUT2D eigenvalue weighted by atomic mass is 16.5. The molecule has 56 valence electrons. The van der Waals surface area contributed by atoms with Gasteiger partial charge < -0.3 is 4.52 Å². The number of hydrogen-bond acceptors (Lipinski definition) is 4. The third-order valence-electron chi connectivity index (χ3n) is 0.846. The van der Waals surface area contributed by atoms with Crippen LogP contribution in [-0.2, 0) is 0 Å². The maximum Gasteiger partial charge on any atom is 0.306 e. The summed E-state index contributed by atoms with van der Waals surface area (Å²) in [5.74, 6) is -0.838. The molecule has 0 saturated heterocycles. The third kappa shape index (κ3) is 1.53. The summed E-state index contributed by atoms with van der Waals surface area (Å²) in [6.07, 6.45) is 0. The van der Waals surface area contributed by atoms with Crippen molar-refractivity contribution in [2.45, 2.75) is 6.92 Å². The van der Waals surface area contributed by atoms with Crippen LogP contribution in [0.3, 0.4) is 0 Å². The number of aryl methyl sites for hydroxylation is 1. The molecule has 0 aliphatic rings. The maximum absolute atomic E-state index is 10.6. The van der Waals surface area contributed by atoms with E-state index in [9.17, 15) is 4.79 Å². The van der Waals surface area contributed by atoms with Gasteiger partial charge in [-0.15, -0.1) is 0 Å². The highest BCUT2D eigenvalue weighted by Crippen LogP contribution is 1.97. The number of carbonyl (C=O) groups excluding carboxylic acids is 1. The minimum Gasteiger partial charge on any atom is -0.331 e. The molecule has 1 aromatic rings. The smallest absolute Gasteiger partial charge is 0.306 e. The zero-order valence-electron chi connectivity index (χ0n) is 5.55. The Morgan fingerprint density at radius 3 is 3.00 bits per heavy atom. The van der Waals surface area contributed by atoms with E-state index in [4.69, 9.17) is 5.53 Å². The Morgan fingerprint density at radius 1 is 1.82 bits per heavy atom. The van der Waals surface area contributed by atoms with Gasteiger partial charge in [0.25, 0.3) is 0 Å². The first-order valence-corrected chi connectivity index (χ1v) is 2.64. The standard InChI is InChI=1S/C4H3N5O2/c1-2-6-4(11-8-2)3(10)7-9-5/h1H3. The van der Waals surface area contributed by atoms with Crippen molar-refractivity contribution in [1.82, 2.24) is 10.1 Å². The predicted octanol–water partition coefficient (Wildman–Crippen LogP) is 0.829. The van der Waals surface area contributed by atoms with Crippen LogP contribution in [0.2, 0.25) is 0 Å². The molecule has 0 aliphatic heterocycles. The minimum absolute atomic E-state index is 0.291. The van der Waals surface area contributed by atoms with Crippen LogP contribution < -0.4 is 0 Å². The highest BCUT2D eigenvalue weighted by Gasteiger charge is 2.10. The molecular formula is C4H3N5O2. The van der Waals surface area contributed by atoms with Gasteiger partial charge >= 0.3 is 11.8 Å². The molecule has 0 radical (unpaired) electrons. The van der Waals surface area contributed by atoms with Crippen LogP contribution in [0.5, 0.6) is 0 Å². The van der Waals surface area contributed by atoms with Crippen molar-refractivity contribution in [3.05, 3.63) is 22.2 Å². The Labute approximate surface area is 60.6 Å². The first kappa shape index (κ1) is 7.23. The topological polar surface area (TPSA) is 105 Å². The van der Waals surface area contributed by atoms with E-state index in [0.717, 1.165) is 0 Å². The van der Waals surface area contributed by atoms with Gasteiger partial charge in [0.15, 0.2) is 5.82 Å². The summed E-state index contributed by atoms with van der Waals surface area (Å²) in [6.45, 7) is 1.55. The van der Waals surface area contributed by atoms with E-state index >= 15 is 0 Å². The average Bonchev–Trinajstić information content (AvgIpc) is 2.36. The van der Waals surface area contributed by atoms with E-state index in [1.54, 1.807) is 6.92 Å². The van der Waals surface area contributed by atoms with Crippen LogP contribution in [0, 0.1) is 6.92 Å². The lowest BCUT2D eigenvalue weighted by Crippen LogP contribution is -1.92. The Hall–Kier alpha value is -1.88. The summed E-state index contributed by atoms with van der Waals surface area (Å²) in [6, 6.07) is 0. The van der Waals surface area contributed by atoms with Gasteiger partial charge in [0.1, 0.15) is 0 Å². The Kier molecular flexibility index (Phi) is 1.84. The first-order valence-electron chi connectivity index (χ1n) is 2.64. The molecule has 0 spiro atoms. The van der Waals surface area contributed by atoms with Crippen molar-refractivity contribution in [3.8, 4) is 0 Å². The second-order valence-electron chi connectivity index (χ2n) is 1.64. The normalized spacial score (nSPS) is 8.82. The summed E-state index contributed by atoms with van der Waals surface area (Å²) in [5.41, 5.74) is 7.85. The number of amides is 1. The van der Waals surface area contributed by atoms with Crippen molar-refractivity contribution in [3.63, 3.8) is 0 Å². The quantitative estimate of drug-likeness (QED) is 0.338. The lowest BCUT2D eigenvalue weighted by molar-refractivity contribution is 0.0958. The Morgan fingerprint density at radius 2 is 2.55 bits per heavy atom. The van der Waals surface area contributed by atoms with Crippen molar-refractivity contribution >= 4 is 5.91 Å². The largest absolute Gasteiger partial charge is 0.331 e. The molecule has 0 bridgehead atoms. The summed E-state index contributed by atoms with van der Waals surface area (Å²) in [4.78, 5) is 16.4. The third-order valence-corrected chi connectivity index (χ3v) is 0.846. The van der Waals surface area contributed by atoms with Crippen molar-refractivity contribution in [1.29, 1.82) is 0 Å². The molecule has 0 aliphatic carbocycles. The number of hydrogen-bond donors (Lipinski definition) is 0. The van der Waals surface area contributed by atoms with Crippen LogP contribution in [0.15, 0.2) is 9.64 Å². The number of carbonyl (C=O) groups is 1. The molecule has 0 atom stereocenters. The van der Waals surface area contributed by atoms with Gasteiger partial charge in [-0.05, 0) is 17.6 Å². The molecule has 0 fully saturated rings. The fraction of sp³-hybridized carbons (Fsp3) is 0.250. The molecule has 7 nitrogen and oxygen atoms in total. The number of aromatic nitrogens is 2. The van der Waals surface area contributed by atoms with Gasteiger partial charge in [-0.3, -0.25) is 4.79 Å². The van der Waals surface area contributed by atoms with E-state index in [0.29, 0.717) is 5.82 Å². The van der Waals surface area contributed by atoms with Crippen molar-refractivity contribution < 1.29 is 9.32 Å². The number of nitrogens with zero attached hydrogens (tertiary/aromatic N) is 5. The van der Waals surface area contributed by atoms with E-state index < -0.39 is 5.91 Å². The zero-order valence-corrected chi connectivity index (χ0v) is 5.55. The van der Waals surface area contributed by atoms with Gasteiger partial charge in [-0.25, -0.2) is 0 Å². The number of azide groups is 1. The molecule has 1 amide bonds. The van der Waals surface area contributed by atoms with Crippen LogP contribution in [-0.4, -0.2) is 16.0 Å². The maximum atomic E-state index is 10.6. The molecule has 0 unspecified atom stereocenters. The van der Waals surface area contributed by atoms with Crippen LogP contribution in [0.4, 0.5) is 0 Å². The molecule has 1 rings (SSSR count). The fourth-order valence-corrected chi connectivity index (χ4v) is 0.467. The number of rotatable bonds is 1. The summed E-state index contributed by atoms with van der Waals surface area (Å²) in [5, 5.41) is 6.08. The lowest BCUT2D eigenvalue weighted by Gasteiger charge is -1.76. The molecule has 1 aromatic heterocycles. The first-order chi connectivity index (χ1) is 5.24. The Balaban J connectivity index is 2.93. The SMILES string of the molecule is Cc1noc(C(=O)N=[N+]=[N-])n1. The van der Waals surface area contributed by atoms with Gasteiger partial charge in [0.05, 0.1) is 0 Å². The minimum atomic E-state index is -0.867. The Bertz CT molecular complexity index is 323. The molecule has 0 N–H and O–H groups in total. The molecule has 11 heavy (non-hydrogen) atoms. The van der Waals surface area contributed by atoms with E-state index in [1.807, 2.05) is 0 Å². The molecule has 7 heteroatoms. The zero-order chi connectivity index (χ0) is 8.27. The second kappa shape index (κ2) is 2.80. The van der Waals surface area contributed by atoms with Crippen LogP contribution >= 0.6 is 0 Å². The predicted molar refractivity (Wildman–Crippen MR) is 32.5 cm³/mol. The van der Waals surface area contributed by atoms with Crippen LogP contribution in [0.25, 0.3) is 10.4 Å². The van der Waals surface area contributed by atoms with Gasteiger partial charge in [0.2, 0.25) is 0 Å². The van der Waals surface area contributed by atoms with Crippen molar-refractivity contribution in [2.24, 2.45) is 5.11 Å².